The first kappa shape index (κ1) is 24.6. The summed E-state index contributed by atoms with van der Waals surface area (Å²) < 4.78 is 57.2. The maximum atomic E-state index is 12.9. The molecule has 1 atom stereocenters. The van der Waals surface area contributed by atoms with Crippen molar-refractivity contribution in [2.75, 3.05) is 31.3 Å². The third-order valence-corrected chi connectivity index (χ3v) is 6.32. The van der Waals surface area contributed by atoms with Crippen molar-refractivity contribution in [3.05, 3.63) is 69.9 Å². The van der Waals surface area contributed by atoms with E-state index in [4.69, 9.17) is 14.2 Å². The first-order valence-corrected chi connectivity index (χ1v) is 11.5. The molecule has 4 heterocycles. The third-order valence-electron chi connectivity index (χ3n) is 6.32. The summed E-state index contributed by atoms with van der Waals surface area (Å²) in [4.78, 5) is 22.1. The number of halogens is 3. The van der Waals surface area contributed by atoms with Gasteiger partial charge in [0.25, 0.3) is 0 Å². The molecule has 12 heteroatoms. The van der Waals surface area contributed by atoms with Crippen molar-refractivity contribution in [1.29, 1.82) is 5.26 Å². The van der Waals surface area contributed by atoms with Crippen LogP contribution in [0, 0.1) is 11.3 Å². The minimum atomic E-state index is -4.61. The number of nitriles is 1. The molecule has 2 aromatic heterocycles. The van der Waals surface area contributed by atoms with Crippen LogP contribution in [0.3, 0.4) is 0 Å². The van der Waals surface area contributed by atoms with E-state index in [9.17, 15) is 23.2 Å². The molecule has 0 radical (unpaired) electrons. The Hall–Kier alpha value is -4.11. The first-order valence-electron chi connectivity index (χ1n) is 11.5. The minimum Gasteiger partial charge on any atom is -0.477 e. The van der Waals surface area contributed by atoms with Gasteiger partial charge < -0.3 is 19.1 Å². The highest BCUT2D eigenvalue weighted by Gasteiger charge is 2.43. The summed E-state index contributed by atoms with van der Waals surface area (Å²) in [5.41, 5.74) is -0.875. The molecule has 192 valence electrons. The third kappa shape index (κ3) is 4.95. The Kier molecular flexibility index (Phi) is 6.25. The number of alkyl halides is 3. The van der Waals surface area contributed by atoms with Crippen LogP contribution in [-0.4, -0.2) is 46.4 Å². The van der Waals surface area contributed by atoms with E-state index >= 15 is 0 Å². The number of anilines is 1. The number of hydrogen-bond acceptors (Lipinski definition) is 8. The van der Waals surface area contributed by atoms with Crippen LogP contribution in [0.25, 0.3) is 0 Å². The van der Waals surface area contributed by atoms with E-state index in [1.165, 1.54) is 12.1 Å². The van der Waals surface area contributed by atoms with Crippen molar-refractivity contribution < 1.29 is 27.4 Å². The topological polar surface area (TPSA) is 103 Å². The van der Waals surface area contributed by atoms with Crippen molar-refractivity contribution >= 4 is 5.82 Å². The molecule has 2 aliphatic rings. The number of benzene rings is 1. The number of fused-ring (bicyclic) bond motifs is 3. The van der Waals surface area contributed by atoms with Gasteiger partial charge in [0.05, 0.1) is 37.5 Å². The highest BCUT2D eigenvalue weighted by atomic mass is 19.4. The lowest BCUT2D eigenvalue weighted by Gasteiger charge is -2.39. The highest BCUT2D eigenvalue weighted by molar-refractivity contribution is 5.50. The molecular formula is C25H22F3N5O4. The number of ether oxygens (including phenoxy) is 3. The highest BCUT2D eigenvalue weighted by Crippen LogP contribution is 2.36. The van der Waals surface area contributed by atoms with Crippen LogP contribution in [0.5, 0.6) is 17.4 Å². The summed E-state index contributed by atoms with van der Waals surface area (Å²) in [5, 5.41) is 9.53. The van der Waals surface area contributed by atoms with E-state index in [0.717, 1.165) is 23.6 Å². The molecule has 2 aliphatic heterocycles. The van der Waals surface area contributed by atoms with Gasteiger partial charge in [-0.1, -0.05) is 6.07 Å². The van der Waals surface area contributed by atoms with Gasteiger partial charge in [0.2, 0.25) is 5.88 Å². The molecule has 0 saturated carbocycles. The Morgan fingerprint density at radius 1 is 1.24 bits per heavy atom. The molecule has 0 amide bonds. The molecule has 0 unspecified atom stereocenters. The lowest BCUT2D eigenvalue weighted by Crippen LogP contribution is -2.53. The second kappa shape index (κ2) is 9.40. The van der Waals surface area contributed by atoms with E-state index in [2.05, 4.69) is 14.9 Å². The zero-order valence-electron chi connectivity index (χ0n) is 19.8. The number of hydrogen-bond donors (Lipinski definition) is 0. The summed E-state index contributed by atoms with van der Waals surface area (Å²) >= 11 is 0. The molecule has 1 saturated heterocycles. The number of pyridine rings is 1. The second-order valence-electron chi connectivity index (χ2n) is 9.04. The normalized spacial score (nSPS) is 18.6. The van der Waals surface area contributed by atoms with E-state index < -0.39 is 11.9 Å². The number of aromatic nitrogens is 3. The van der Waals surface area contributed by atoms with E-state index in [1.54, 1.807) is 22.8 Å². The average Bonchev–Trinajstić information content (AvgIpc) is 3.17. The molecule has 3 aromatic rings. The molecule has 0 N–H and O–H groups in total. The van der Waals surface area contributed by atoms with Crippen molar-refractivity contribution in [3.63, 3.8) is 0 Å². The van der Waals surface area contributed by atoms with E-state index in [-0.39, 0.29) is 40.8 Å². The van der Waals surface area contributed by atoms with Crippen LogP contribution >= 0.6 is 0 Å². The van der Waals surface area contributed by atoms with Crippen LogP contribution in [0.2, 0.25) is 0 Å². The predicted octanol–water partition coefficient (Wildman–Crippen LogP) is 3.55. The molecule has 37 heavy (non-hydrogen) atoms. The molecule has 0 bridgehead atoms. The van der Waals surface area contributed by atoms with Crippen LogP contribution in [-0.2, 0) is 23.9 Å². The van der Waals surface area contributed by atoms with Crippen LogP contribution in [0.4, 0.5) is 19.0 Å². The number of nitrogens with zero attached hydrogens (tertiary/aromatic N) is 5. The Morgan fingerprint density at radius 3 is 2.86 bits per heavy atom. The summed E-state index contributed by atoms with van der Waals surface area (Å²) in [6.45, 7) is 4.51. The quantitative estimate of drug-likeness (QED) is 0.493. The lowest BCUT2D eigenvalue weighted by molar-refractivity contribution is -0.141. The van der Waals surface area contributed by atoms with Gasteiger partial charge in [-0.25, -0.2) is 4.79 Å². The molecule has 1 fully saturated rings. The average molecular weight is 513 g/mol. The van der Waals surface area contributed by atoms with Crippen LogP contribution in [0.1, 0.15) is 23.7 Å². The molecule has 5 rings (SSSR count). The van der Waals surface area contributed by atoms with Gasteiger partial charge in [-0.15, -0.1) is 0 Å². The number of morpholine rings is 1. The largest absolute Gasteiger partial charge is 0.477 e. The van der Waals surface area contributed by atoms with E-state index in [0.29, 0.717) is 32.7 Å². The molecule has 0 spiro atoms. The fourth-order valence-electron chi connectivity index (χ4n) is 4.52. The SMILES string of the molecule is C[C@@]12COCCN1c1cc(OCCc3ccc(Oc4ccnc(C(F)(F)F)c4)c(C#N)c3)nc(=O)n1C2. The van der Waals surface area contributed by atoms with E-state index in [1.807, 2.05) is 13.0 Å². The van der Waals surface area contributed by atoms with Gasteiger partial charge in [0, 0.05) is 31.3 Å². The predicted molar refractivity (Wildman–Crippen MR) is 125 cm³/mol. The standard InChI is InChI=1S/C25H22F3N5O4/c1-24-14-32-22(33(24)7-9-35-15-24)12-21(31-23(32)34)36-8-5-16-2-3-19(17(10-16)13-29)37-18-4-6-30-20(11-18)25(26,27)28/h2-4,6,10-12H,5,7-9,14-15H2,1H3/t24-/m1/s1. The van der Waals surface area contributed by atoms with Gasteiger partial charge in [-0.2, -0.15) is 23.4 Å². The maximum Gasteiger partial charge on any atom is 0.433 e. The zero-order valence-corrected chi connectivity index (χ0v) is 19.8. The molecule has 1 aromatic carbocycles. The molecular weight excluding hydrogens is 491 g/mol. The maximum absolute atomic E-state index is 12.9. The summed E-state index contributed by atoms with van der Waals surface area (Å²) in [6.07, 6.45) is -3.21. The monoisotopic (exact) mass is 513 g/mol. The molecule has 0 aliphatic carbocycles. The summed E-state index contributed by atoms with van der Waals surface area (Å²) in [5.74, 6) is 0.998. The first-order chi connectivity index (χ1) is 17.7. The minimum absolute atomic E-state index is 0.0831. The Morgan fingerprint density at radius 2 is 2.08 bits per heavy atom. The summed E-state index contributed by atoms with van der Waals surface area (Å²) in [7, 11) is 0. The van der Waals surface area contributed by atoms with Crippen molar-refractivity contribution in [1.82, 2.24) is 14.5 Å². The van der Waals surface area contributed by atoms with Gasteiger partial charge in [0.15, 0.2) is 0 Å². The molecule has 9 nitrogen and oxygen atoms in total. The van der Waals surface area contributed by atoms with Gasteiger partial charge >= 0.3 is 11.9 Å². The lowest BCUT2D eigenvalue weighted by atomic mass is 10.0. The Balaban J connectivity index is 1.26. The van der Waals surface area contributed by atoms with Crippen LogP contribution < -0.4 is 20.1 Å². The van der Waals surface area contributed by atoms with Crippen molar-refractivity contribution in [3.8, 4) is 23.4 Å². The fourth-order valence-corrected chi connectivity index (χ4v) is 4.52. The zero-order chi connectivity index (χ0) is 26.2. The van der Waals surface area contributed by atoms with Crippen LogP contribution in [0.15, 0.2) is 47.4 Å². The van der Waals surface area contributed by atoms with Gasteiger partial charge in [-0.05, 0) is 30.7 Å². The smallest absolute Gasteiger partial charge is 0.433 e. The van der Waals surface area contributed by atoms with Gasteiger partial charge in [0.1, 0.15) is 29.1 Å². The van der Waals surface area contributed by atoms with Gasteiger partial charge in [-0.3, -0.25) is 9.55 Å². The fraction of sp³-hybridized carbons (Fsp3) is 0.360. The second-order valence-corrected chi connectivity index (χ2v) is 9.04. The summed E-state index contributed by atoms with van der Waals surface area (Å²) in [6, 6.07) is 10.6. The van der Waals surface area contributed by atoms with Crippen molar-refractivity contribution in [2.45, 2.75) is 31.6 Å². The van der Waals surface area contributed by atoms with Crippen molar-refractivity contribution in [2.24, 2.45) is 0 Å². The number of rotatable bonds is 6. The Bertz CT molecular complexity index is 1440. The Labute approximate surface area is 209 Å².